The molecule has 1 aliphatic rings. The van der Waals surface area contributed by atoms with Crippen LogP contribution in [0.4, 0.5) is 10.1 Å². The molecule has 0 fully saturated rings. The minimum Gasteiger partial charge on any atom is -0.311 e. The molecule has 0 aliphatic carbocycles. The second-order valence-corrected chi connectivity index (χ2v) is 7.00. The molecule has 0 atom stereocenters. The number of carbonyl (C=O) groups excluding carboxylic acids is 1. The van der Waals surface area contributed by atoms with Crippen LogP contribution in [0.5, 0.6) is 0 Å². The zero-order valence-electron chi connectivity index (χ0n) is 15.6. The summed E-state index contributed by atoms with van der Waals surface area (Å²) in [5.41, 5.74) is 3.36. The van der Waals surface area contributed by atoms with E-state index in [0.29, 0.717) is 6.54 Å². The van der Waals surface area contributed by atoms with E-state index < -0.39 is 5.82 Å². The Morgan fingerprint density at radius 1 is 1.18 bits per heavy atom. The van der Waals surface area contributed by atoms with Crippen molar-refractivity contribution in [1.29, 1.82) is 0 Å². The summed E-state index contributed by atoms with van der Waals surface area (Å²) in [6.45, 7) is 2.56. The van der Waals surface area contributed by atoms with E-state index >= 15 is 0 Å². The first kappa shape index (κ1) is 18.1. The Morgan fingerprint density at radius 2 is 2.00 bits per heavy atom. The highest BCUT2D eigenvalue weighted by atomic mass is 19.1. The number of aromatic nitrogens is 2. The van der Waals surface area contributed by atoms with Gasteiger partial charge >= 0.3 is 0 Å². The highest BCUT2D eigenvalue weighted by Crippen LogP contribution is 2.28. The zero-order valence-corrected chi connectivity index (χ0v) is 15.6. The molecule has 0 bridgehead atoms. The molecule has 2 heterocycles. The summed E-state index contributed by atoms with van der Waals surface area (Å²) in [5.74, 6) is -0.601. The Balaban J connectivity index is 1.58. The standard InChI is InChI=1S/C22H20FN3O2/c1-15-8-9-20-16(11-15)5-4-10-26(20)22(28)13-25-14-24-19(12-21(25)27)17-6-2-3-7-18(17)23/h2-3,6-9,11-12,14H,4-5,10,13H2,1H3. The smallest absolute Gasteiger partial charge is 0.254 e. The predicted octanol–water partition coefficient (Wildman–Crippen LogP) is 3.34. The second kappa shape index (κ2) is 7.38. The van der Waals surface area contributed by atoms with E-state index in [1.54, 1.807) is 23.1 Å². The summed E-state index contributed by atoms with van der Waals surface area (Å²) < 4.78 is 15.2. The van der Waals surface area contributed by atoms with Crippen molar-refractivity contribution in [3.05, 3.63) is 82.2 Å². The third kappa shape index (κ3) is 3.45. The van der Waals surface area contributed by atoms with E-state index in [9.17, 15) is 14.0 Å². The molecular formula is C22H20FN3O2. The van der Waals surface area contributed by atoms with Crippen LogP contribution in [-0.4, -0.2) is 22.0 Å². The molecule has 0 unspecified atom stereocenters. The molecule has 5 nitrogen and oxygen atoms in total. The highest BCUT2D eigenvalue weighted by Gasteiger charge is 2.23. The number of fused-ring (bicyclic) bond motifs is 1. The average molecular weight is 377 g/mol. The predicted molar refractivity (Wildman–Crippen MR) is 106 cm³/mol. The van der Waals surface area contributed by atoms with Crippen molar-refractivity contribution in [1.82, 2.24) is 9.55 Å². The Labute approximate surface area is 162 Å². The van der Waals surface area contributed by atoms with Crippen molar-refractivity contribution in [2.45, 2.75) is 26.3 Å². The average Bonchev–Trinajstić information content (AvgIpc) is 2.69. The fraction of sp³-hybridized carbons (Fsp3) is 0.227. The monoisotopic (exact) mass is 377 g/mol. The van der Waals surface area contributed by atoms with Gasteiger partial charge in [0.1, 0.15) is 12.4 Å². The first-order chi connectivity index (χ1) is 13.5. The summed E-state index contributed by atoms with van der Waals surface area (Å²) in [6.07, 6.45) is 3.14. The number of halogens is 1. The zero-order chi connectivity index (χ0) is 19.7. The van der Waals surface area contributed by atoms with Crippen LogP contribution in [0.2, 0.25) is 0 Å². The molecular weight excluding hydrogens is 357 g/mol. The van der Waals surface area contributed by atoms with Gasteiger partial charge in [-0.2, -0.15) is 0 Å². The van der Waals surface area contributed by atoms with Crippen molar-refractivity contribution in [3.63, 3.8) is 0 Å². The molecule has 3 aromatic rings. The maximum absolute atomic E-state index is 13.9. The summed E-state index contributed by atoms with van der Waals surface area (Å²) in [6, 6.07) is 13.5. The van der Waals surface area contributed by atoms with Crippen molar-refractivity contribution in [2.24, 2.45) is 0 Å². The normalized spacial score (nSPS) is 13.3. The van der Waals surface area contributed by atoms with Crippen LogP contribution < -0.4 is 10.5 Å². The molecule has 1 aliphatic heterocycles. The molecule has 4 rings (SSSR count). The molecule has 1 aromatic heterocycles. The quantitative estimate of drug-likeness (QED) is 0.704. The van der Waals surface area contributed by atoms with Crippen LogP contribution >= 0.6 is 0 Å². The molecule has 0 saturated carbocycles. The maximum Gasteiger partial charge on any atom is 0.254 e. The summed E-state index contributed by atoms with van der Waals surface area (Å²) in [7, 11) is 0. The van der Waals surface area contributed by atoms with Gasteiger partial charge < -0.3 is 4.90 Å². The van der Waals surface area contributed by atoms with E-state index in [-0.39, 0.29) is 29.3 Å². The van der Waals surface area contributed by atoms with Crippen LogP contribution in [0.1, 0.15) is 17.5 Å². The number of anilines is 1. The summed E-state index contributed by atoms with van der Waals surface area (Å²) >= 11 is 0. The largest absolute Gasteiger partial charge is 0.311 e. The van der Waals surface area contributed by atoms with Gasteiger partial charge in [0.25, 0.3) is 5.56 Å². The van der Waals surface area contributed by atoms with Crippen molar-refractivity contribution >= 4 is 11.6 Å². The van der Waals surface area contributed by atoms with Crippen molar-refractivity contribution < 1.29 is 9.18 Å². The van der Waals surface area contributed by atoms with Crippen LogP contribution in [0.15, 0.2) is 59.7 Å². The minimum atomic E-state index is -0.441. The third-order valence-electron chi connectivity index (χ3n) is 4.99. The van der Waals surface area contributed by atoms with E-state index in [4.69, 9.17) is 0 Å². The Morgan fingerprint density at radius 3 is 2.79 bits per heavy atom. The number of nitrogens with zero attached hydrogens (tertiary/aromatic N) is 3. The van der Waals surface area contributed by atoms with Gasteiger partial charge in [0, 0.05) is 23.9 Å². The third-order valence-corrected chi connectivity index (χ3v) is 4.99. The van der Waals surface area contributed by atoms with Gasteiger partial charge in [-0.15, -0.1) is 0 Å². The van der Waals surface area contributed by atoms with E-state index in [1.807, 2.05) is 19.1 Å². The summed E-state index contributed by atoms with van der Waals surface area (Å²) in [4.78, 5) is 31.2. The molecule has 2 aromatic carbocycles. The number of hydrogen-bond acceptors (Lipinski definition) is 3. The minimum absolute atomic E-state index is 0.100. The lowest BCUT2D eigenvalue weighted by molar-refractivity contribution is -0.119. The number of rotatable bonds is 3. The lowest BCUT2D eigenvalue weighted by atomic mass is 9.99. The van der Waals surface area contributed by atoms with Crippen LogP contribution in [0.3, 0.4) is 0 Å². The number of carbonyl (C=O) groups is 1. The molecule has 142 valence electrons. The lowest BCUT2D eigenvalue weighted by Gasteiger charge is -2.30. The first-order valence-electron chi connectivity index (χ1n) is 9.24. The van der Waals surface area contributed by atoms with Gasteiger partial charge in [-0.3, -0.25) is 14.2 Å². The Kier molecular flexibility index (Phi) is 4.77. The fourth-order valence-electron chi connectivity index (χ4n) is 3.58. The van der Waals surface area contributed by atoms with Crippen LogP contribution in [0, 0.1) is 12.7 Å². The molecule has 0 spiro atoms. The van der Waals surface area contributed by atoms with Gasteiger partial charge in [0.2, 0.25) is 5.91 Å². The van der Waals surface area contributed by atoms with Gasteiger partial charge in [-0.05, 0) is 43.5 Å². The van der Waals surface area contributed by atoms with Crippen LogP contribution in [-0.2, 0) is 17.8 Å². The number of aryl methyl sites for hydroxylation is 2. The Bertz CT molecular complexity index is 1110. The molecule has 0 radical (unpaired) electrons. The Hall–Kier alpha value is -3.28. The first-order valence-corrected chi connectivity index (χ1v) is 9.24. The van der Waals surface area contributed by atoms with Crippen LogP contribution in [0.25, 0.3) is 11.3 Å². The number of amides is 1. The van der Waals surface area contributed by atoms with E-state index in [1.165, 1.54) is 23.0 Å². The fourth-order valence-corrected chi connectivity index (χ4v) is 3.58. The van der Waals surface area contributed by atoms with E-state index in [2.05, 4.69) is 11.1 Å². The van der Waals surface area contributed by atoms with E-state index in [0.717, 1.165) is 29.7 Å². The molecule has 6 heteroatoms. The topological polar surface area (TPSA) is 55.2 Å². The molecule has 0 saturated heterocycles. The molecule has 0 N–H and O–H groups in total. The lowest BCUT2D eigenvalue weighted by Crippen LogP contribution is -2.39. The molecule has 28 heavy (non-hydrogen) atoms. The van der Waals surface area contributed by atoms with Gasteiger partial charge in [0.05, 0.1) is 12.0 Å². The van der Waals surface area contributed by atoms with Crippen molar-refractivity contribution in [3.8, 4) is 11.3 Å². The van der Waals surface area contributed by atoms with Crippen molar-refractivity contribution in [2.75, 3.05) is 11.4 Å². The number of benzene rings is 2. The summed E-state index contributed by atoms with van der Waals surface area (Å²) in [5, 5.41) is 0. The highest BCUT2D eigenvalue weighted by molar-refractivity contribution is 5.94. The van der Waals surface area contributed by atoms with Gasteiger partial charge in [-0.1, -0.05) is 29.8 Å². The SMILES string of the molecule is Cc1ccc2c(c1)CCCN2C(=O)Cn1cnc(-c2ccccc2F)cc1=O. The number of hydrogen-bond donors (Lipinski definition) is 0. The van der Waals surface area contributed by atoms with Gasteiger partial charge in [-0.25, -0.2) is 9.37 Å². The molecule has 1 amide bonds. The van der Waals surface area contributed by atoms with Gasteiger partial charge in [0.15, 0.2) is 0 Å². The maximum atomic E-state index is 13.9. The second-order valence-electron chi connectivity index (χ2n) is 7.00.